The molecule has 2 N–H and O–H groups in total. The smallest absolute Gasteiger partial charge is 0.274 e. The molecule has 4 nitrogen and oxygen atoms in total. The van der Waals surface area contributed by atoms with Crippen LogP contribution in [0, 0.1) is 5.82 Å². The lowest BCUT2D eigenvalue weighted by Crippen LogP contribution is -2.15. The zero-order valence-corrected chi connectivity index (χ0v) is 10.8. The molecule has 1 heterocycles. The molecule has 0 aliphatic rings. The number of carbonyl (C=O) groups is 1. The number of pyridine rings is 1. The Morgan fingerprint density at radius 3 is 2.79 bits per heavy atom. The number of hydrogen-bond donors (Lipinski definition) is 2. The standard InChI is InChI=1S/C13H11ClFN3O/c1-16-12-4-2-3-11(17-12)13(19)18-10-6-5-8(14)7-9(10)15/h2-7H,1H3,(H,16,17)(H,18,19). The summed E-state index contributed by atoms with van der Waals surface area (Å²) in [7, 11) is 1.70. The van der Waals surface area contributed by atoms with Crippen LogP contribution in [0.5, 0.6) is 0 Å². The van der Waals surface area contributed by atoms with E-state index >= 15 is 0 Å². The quantitative estimate of drug-likeness (QED) is 0.907. The molecule has 0 fully saturated rings. The van der Waals surface area contributed by atoms with Crippen molar-refractivity contribution < 1.29 is 9.18 Å². The molecule has 0 aliphatic heterocycles. The highest BCUT2D eigenvalue weighted by atomic mass is 35.5. The van der Waals surface area contributed by atoms with E-state index in [0.717, 1.165) is 6.07 Å². The number of halogens is 2. The lowest BCUT2D eigenvalue weighted by Gasteiger charge is -2.07. The van der Waals surface area contributed by atoms with E-state index in [4.69, 9.17) is 11.6 Å². The summed E-state index contributed by atoms with van der Waals surface area (Å²) in [5, 5.41) is 5.53. The fourth-order valence-electron chi connectivity index (χ4n) is 1.48. The first-order valence-electron chi connectivity index (χ1n) is 5.51. The van der Waals surface area contributed by atoms with Gasteiger partial charge in [0, 0.05) is 12.1 Å². The third kappa shape index (κ3) is 3.20. The number of anilines is 2. The zero-order valence-electron chi connectivity index (χ0n) is 10.1. The van der Waals surface area contributed by atoms with Crippen molar-refractivity contribution in [2.75, 3.05) is 17.7 Å². The Labute approximate surface area is 114 Å². The van der Waals surface area contributed by atoms with Crippen LogP contribution in [0.2, 0.25) is 5.02 Å². The predicted molar refractivity (Wildman–Crippen MR) is 73.1 cm³/mol. The normalized spacial score (nSPS) is 10.1. The van der Waals surface area contributed by atoms with Crippen LogP contribution >= 0.6 is 11.6 Å². The van der Waals surface area contributed by atoms with Crippen LogP contribution in [0.25, 0.3) is 0 Å². The molecule has 0 radical (unpaired) electrons. The Morgan fingerprint density at radius 2 is 2.11 bits per heavy atom. The maximum Gasteiger partial charge on any atom is 0.274 e. The zero-order chi connectivity index (χ0) is 13.8. The van der Waals surface area contributed by atoms with E-state index in [2.05, 4.69) is 15.6 Å². The Balaban J connectivity index is 2.20. The minimum atomic E-state index is -0.592. The fourth-order valence-corrected chi connectivity index (χ4v) is 1.64. The molecule has 6 heteroatoms. The van der Waals surface area contributed by atoms with Gasteiger partial charge in [0.1, 0.15) is 17.3 Å². The summed E-state index contributed by atoms with van der Waals surface area (Å²) in [6.07, 6.45) is 0. The van der Waals surface area contributed by atoms with Crippen molar-refractivity contribution in [3.05, 3.63) is 52.9 Å². The van der Waals surface area contributed by atoms with E-state index in [-0.39, 0.29) is 16.4 Å². The fraction of sp³-hybridized carbons (Fsp3) is 0.0769. The monoisotopic (exact) mass is 279 g/mol. The number of benzene rings is 1. The summed E-state index contributed by atoms with van der Waals surface area (Å²) >= 11 is 5.64. The lowest BCUT2D eigenvalue weighted by atomic mass is 10.2. The van der Waals surface area contributed by atoms with Crippen LogP contribution in [0.4, 0.5) is 15.9 Å². The molecule has 0 unspecified atom stereocenters. The number of nitrogens with one attached hydrogen (secondary N) is 2. The highest BCUT2D eigenvalue weighted by Crippen LogP contribution is 2.19. The first-order valence-corrected chi connectivity index (χ1v) is 5.89. The number of carbonyl (C=O) groups excluding carboxylic acids is 1. The van der Waals surface area contributed by atoms with Crippen molar-refractivity contribution in [1.82, 2.24) is 4.98 Å². The molecule has 0 atom stereocenters. The largest absolute Gasteiger partial charge is 0.373 e. The Kier molecular flexibility index (Phi) is 3.97. The number of amides is 1. The van der Waals surface area contributed by atoms with E-state index in [0.29, 0.717) is 5.82 Å². The van der Waals surface area contributed by atoms with Crippen LogP contribution in [0.3, 0.4) is 0 Å². The van der Waals surface area contributed by atoms with Crippen LogP contribution in [-0.4, -0.2) is 17.9 Å². The van der Waals surface area contributed by atoms with E-state index < -0.39 is 11.7 Å². The lowest BCUT2D eigenvalue weighted by molar-refractivity contribution is 0.102. The molecule has 1 aromatic carbocycles. The van der Waals surface area contributed by atoms with E-state index in [1.54, 1.807) is 25.2 Å². The molecular weight excluding hydrogens is 269 g/mol. The summed E-state index contributed by atoms with van der Waals surface area (Å²) in [6, 6.07) is 8.99. The van der Waals surface area contributed by atoms with E-state index in [1.165, 1.54) is 12.1 Å². The van der Waals surface area contributed by atoms with Crippen molar-refractivity contribution >= 4 is 29.0 Å². The van der Waals surface area contributed by atoms with Crippen molar-refractivity contribution in [1.29, 1.82) is 0 Å². The highest BCUT2D eigenvalue weighted by Gasteiger charge is 2.11. The molecule has 2 aromatic rings. The molecule has 19 heavy (non-hydrogen) atoms. The van der Waals surface area contributed by atoms with Gasteiger partial charge < -0.3 is 10.6 Å². The van der Waals surface area contributed by atoms with Crippen molar-refractivity contribution in [2.24, 2.45) is 0 Å². The van der Waals surface area contributed by atoms with Gasteiger partial charge in [0.2, 0.25) is 0 Å². The van der Waals surface area contributed by atoms with Gasteiger partial charge in [-0.2, -0.15) is 0 Å². The summed E-state index contributed by atoms with van der Waals surface area (Å²) in [5.74, 6) is -0.520. The molecule has 0 bridgehead atoms. The second-order valence-electron chi connectivity index (χ2n) is 3.74. The molecule has 1 aromatic heterocycles. The maximum absolute atomic E-state index is 13.5. The van der Waals surface area contributed by atoms with Crippen LogP contribution < -0.4 is 10.6 Å². The minimum absolute atomic E-state index is 0.0612. The Morgan fingerprint density at radius 1 is 1.32 bits per heavy atom. The highest BCUT2D eigenvalue weighted by molar-refractivity contribution is 6.30. The Bertz CT molecular complexity index is 619. The van der Waals surface area contributed by atoms with Gasteiger partial charge >= 0.3 is 0 Å². The first-order chi connectivity index (χ1) is 9.10. The van der Waals surface area contributed by atoms with Gasteiger partial charge in [-0.3, -0.25) is 4.79 Å². The third-order valence-electron chi connectivity index (χ3n) is 2.42. The van der Waals surface area contributed by atoms with Gasteiger partial charge in [0.05, 0.1) is 5.69 Å². The van der Waals surface area contributed by atoms with Crippen molar-refractivity contribution in [2.45, 2.75) is 0 Å². The van der Waals surface area contributed by atoms with Gasteiger partial charge in [-0.1, -0.05) is 17.7 Å². The summed E-state index contributed by atoms with van der Waals surface area (Å²) in [5.41, 5.74) is 0.257. The molecule has 2 rings (SSSR count). The summed E-state index contributed by atoms with van der Waals surface area (Å²) in [6.45, 7) is 0. The molecule has 98 valence electrons. The summed E-state index contributed by atoms with van der Waals surface area (Å²) < 4.78 is 13.5. The molecule has 0 spiro atoms. The number of rotatable bonds is 3. The van der Waals surface area contributed by atoms with Crippen LogP contribution in [0.1, 0.15) is 10.5 Å². The van der Waals surface area contributed by atoms with E-state index in [9.17, 15) is 9.18 Å². The Hall–Kier alpha value is -2.14. The molecule has 0 saturated carbocycles. The second-order valence-corrected chi connectivity index (χ2v) is 4.17. The summed E-state index contributed by atoms with van der Waals surface area (Å²) in [4.78, 5) is 16.0. The van der Waals surface area contributed by atoms with Gasteiger partial charge in [0.15, 0.2) is 0 Å². The average Bonchev–Trinajstić information content (AvgIpc) is 2.42. The number of aromatic nitrogens is 1. The number of hydrogen-bond acceptors (Lipinski definition) is 3. The molecule has 0 saturated heterocycles. The second kappa shape index (κ2) is 5.67. The van der Waals surface area contributed by atoms with Gasteiger partial charge in [-0.25, -0.2) is 9.37 Å². The predicted octanol–water partition coefficient (Wildman–Crippen LogP) is 3.17. The third-order valence-corrected chi connectivity index (χ3v) is 2.65. The molecule has 1 amide bonds. The topological polar surface area (TPSA) is 54.0 Å². The van der Waals surface area contributed by atoms with Crippen LogP contribution in [-0.2, 0) is 0 Å². The van der Waals surface area contributed by atoms with Gasteiger partial charge in [0.25, 0.3) is 5.91 Å². The van der Waals surface area contributed by atoms with Crippen molar-refractivity contribution in [3.8, 4) is 0 Å². The molecular formula is C13H11ClFN3O. The SMILES string of the molecule is CNc1cccc(C(=O)Nc2ccc(Cl)cc2F)n1. The van der Waals surface area contributed by atoms with Crippen LogP contribution in [0.15, 0.2) is 36.4 Å². The van der Waals surface area contributed by atoms with E-state index in [1.807, 2.05) is 0 Å². The minimum Gasteiger partial charge on any atom is -0.373 e. The van der Waals surface area contributed by atoms with Gasteiger partial charge in [-0.05, 0) is 30.3 Å². The first kappa shape index (κ1) is 13.3. The number of nitrogens with zero attached hydrogens (tertiary/aromatic N) is 1. The maximum atomic E-state index is 13.5. The molecule has 0 aliphatic carbocycles. The van der Waals surface area contributed by atoms with Gasteiger partial charge in [-0.15, -0.1) is 0 Å². The van der Waals surface area contributed by atoms with Crippen molar-refractivity contribution in [3.63, 3.8) is 0 Å². The average molecular weight is 280 g/mol.